The Hall–Kier alpha value is -2.39. The molecule has 3 nitrogen and oxygen atoms in total. The molecular formula is C21H24N2O. The lowest BCUT2D eigenvalue weighted by Gasteiger charge is -2.18. The molecule has 1 N–H and O–H groups in total. The van der Waals surface area contributed by atoms with E-state index in [1.54, 1.807) is 6.20 Å². The number of fused-ring (bicyclic) bond motifs is 1. The smallest absolute Gasteiger partial charge is 0.124 e. The van der Waals surface area contributed by atoms with Gasteiger partial charge >= 0.3 is 0 Å². The number of nitrogens with one attached hydrogen (secondary N) is 1. The predicted molar refractivity (Wildman–Crippen MR) is 99.1 cm³/mol. The van der Waals surface area contributed by atoms with Crippen LogP contribution in [0.2, 0.25) is 0 Å². The third kappa shape index (κ3) is 3.92. The van der Waals surface area contributed by atoms with Gasteiger partial charge in [-0.2, -0.15) is 0 Å². The van der Waals surface area contributed by atoms with Crippen LogP contribution in [-0.4, -0.2) is 11.1 Å². The molecule has 1 heterocycles. The maximum Gasteiger partial charge on any atom is 0.124 e. The minimum atomic E-state index is 0.211. The fourth-order valence-corrected chi connectivity index (χ4v) is 2.74. The van der Waals surface area contributed by atoms with Gasteiger partial charge < -0.3 is 10.1 Å². The molecule has 0 amide bonds. The number of ether oxygens (including phenoxy) is 1. The first-order valence-corrected chi connectivity index (χ1v) is 8.55. The van der Waals surface area contributed by atoms with Crippen molar-refractivity contribution in [2.24, 2.45) is 0 Å². The third-order valence-electron chi connectivity index (χ3n) is 4.25. The molecule has 0 radical (unpaired) electrons. The summed E-state index contributed by atoms with van der Waals surface area (Å²) in [6, 6.07) is 16.7. The summed E-state index contributed by atoms with van der Waals surface area (Å²) in [5, 5.41) is 6.01. The van der Waals surface area contributed by atoms with Crippen molar-refractivity contribution < 1.29 is 4.74 Å². The van der Waals surface area contributed by atoms with Crippen molar-refractivity contribution in [3.63, 3.8) is 0 Å². The van der Waals surface area contributed by atoms with Crippen LogP contribution < -0.4 is 10.1 Å². The molecule has 2 aromatic carbocycles. The van der Waals surface area contributed by atoms with Crippen LogP contribution in [0, 0.1) is 0 Å². The van der Waals surface area contributed by atoms with E-state index in [2.05, 4.69) is 66.6 Å². The molecular weight excluding hydrogens is 296 g/mol. The van der Waals surface area contributed by atoms with Gasteiger partial charge in [-0.1, -0.05) is 43.3 Å². The highest BCUT2D eigenvalue weighted by atomic mass is 16.5. The Morgan fingerprint density at radius 1 is 1.04 bits per heavy atom. The van der Waals surface area contributed by atoms with Crippen LogP contribution in [0.5, 0.6) is 5.75 Å². The molecule has 0 saturated heterocycles. The number of pyridine rings is 1. The fourth-order valence-electron chi connectivity index (χ4n) is 2.74. The van der Waals surface area contributed by atoms with Crippen molar-refractivity contribution >= 4 is 10.8 Å². The van der Waals surface area contributed by atoms with Gasteiger partial charge in [0, 0.05) is 31.0 Å². The highest BCUT2D eigenvalue weighted by Gasteiger charge is 2.11. The number of rotatable bonds is 7. The molecule has 24 heavy (non-hydrogen) atoms. The quantitative estimate of drug-likeness (QED) is 0.685. The molecule has 1 unspecified atom stereocenters. The van der Waals surface area contributed by atoms with E-state index in [-0.39, 0.29) is 6.10 Å². The molecule has 3 heteroatoms. The first-order chi connectivity index (χ1) is 11.8. The number of benzene rings is 2. The average Bonchev–Trinajstić information content (AvgIpc) is 2.64. The van der Waals surface area contributed by atoms with E-state index in [1.807, 2.05) is 12.3 Å². The highest BCUT2D eigenvalue weighted by molar-refractivity contribution is 5.87. The molecule has 1 atom stereocenters. The monoisotopic (exact) mass is 320 g/mol. The van der Waals surface area contributed by atoms with Crippen molar-refractivity contribution in [1.29, 1.82) is 0 Å². The Morgan fingerprint density at radius 3 is 2.71 bits per heavy atom. The van der Waals surface area contributed by atoms with Gasteiger partial charge in [-0.25, -0.2) is 0 Å². The van der Waals surface area contributed by atoms with E-state index in [9.17, 15) is 0 Å². The zero-order valence-corrected chi connectivity index (χ0v) is 14.3. The van der Waals surface area contributed by atoms with Gasteiger partial charge in [-0.3, -0.25) is 4.98 Å². The summed E-state index contributed by atoms with van der Waals surface area (Å²) in [6.07, 6.45) is 4.90. The summed E-state index contributed by atoms with van der Waals surface area (Å²) < 4.78 is 6.15. The Labute approximate surface area is 143 Å². The summed E-state index contributed by atoms with van der Waals surface area (Å²) >= 11 is 0. The van der Waals surface area contributed by atoms with Crippen LogP contribution in [0.3, 0.4) is 0 Å². The van der Waals surface area contributed by atoms with E-state index in [4.69, 9.17) is 4.74 Å². The minimum absolute atomic E-state index is 0.211. The van der Waals surface area contributed by atoms with Gasteiger partial charge in [0.1, 0.15) is 5.75 Å². The van der Waals surface area contributed by atoms with Crippen LogP contribution in [0.15, 0.2) is 60.9 Å². The highest BCUT2D eigenvalue weighted by Crippen LogP contribution is 2.29. The molecule has 0 saturated carbocycles. The zero-order chi connectivity index (χ0) is 16.8. The third-order valence-corrected chi connectivity index (χ3v) is 4.25. The number of hydrogen-bond donors (Lipinski definition) is 1. The Bertz CT molecular complexity index is 786. The Morgan fingerprint density at radius 2 is 1.92 bits per heavy atom. The summed E-state index contributed by atoms with van der Waals surface area (Å²) in [5.41, 5.74) is 2.40. The van der Waals surface area contributed by atoms with Crippen LogP contribution >= 0.6 is 0 Å². The Balaban J connectivity index is 1.84. The SMILES string of the molecule is CCC(C)Oc1ccc2ccccc2c1CNCc1cccnc1. The van der Waals surface area contributed by atoms with Crippen LogP contribution in [-0.2, 0) is 13.1 Å². The Kier molecular flexibility index (Phi) is 5.44. The normalized spacial score (nSPS) is 12.2. The van der Waals surface area contributed by atoms with Crippen molar-refractivity contribution in [2.75, 3.05) is 0 Å². The summed E-state index contributed by atoms with van der Waals surface area (Å²) in [4.78, 5) is 4.16. The molecule has 0 aliphatic carbocycles. The van der Waals surface area contributed by atoms with Gasteiger partial charge in [0.25, 0.3) is 0 Å². The topological polar surface area (TPSA) is 34.1 Å². The molecule has 3 rings (SSSR count). The van der Waals surface area contributed by atoms with E-state index >= 15 is 0 Å². The predicted octanol–water partition coefficient (Wildman–Crippen LogP) is 4.70. The minimum Gasteiger partial charge on any atom is -0.490 e. The lowest BCUT2D eigenvalue weighted by Crippen LogP contribution is -2.16. The summed E-state index contributed by atoms with van der Waals surface area (Å²) in [6.45, 7) is 5.82. The molecule has 124 valence electrons. The second-order valence-corrected chi connectivity index (χ2v) is 6.06. The van der Waals surface area contributed by atoms with E-state index in [0.717, 1.165) is 25.3 Å². The number of hydrogen-bond acceptors (Lipinski definition) is 3. The molecule has 0 spiro atoms. The van der Waals surface area contributed by atoms with Crippen molar-refractivity contribution in [2.45, 2.75) is 39.5 Å². The number of aromatic nitrogens is 1. The van der Waals surface area contributed by atoms with Crippen LogP contribution in [0.25, 0.3) is 10.8 Å². The molecule has 0 fully saturated rings. The van der Waals surface area contributed by atoms with E-state index < -0.39 is 0 Å². The molecule has 1 aromatic heterocycles. The first-order valence-electron chi connectivity index (χ1n) is 8.55. The van der Waals surface area contributed by atoms with Gasteiger partial charge in [-0.15, -0.1) is 0 Å². The molecule has 0 aliphatic heterocycles. The standard InChI is InChI=1S/C21H24N2O/c1-3-16(2)24-21-11-10-18-8-4-5-9-19(18)20(21)15-23-14-17-7-6-12-22-13-17/h4-13,16,23H,3,14-15H2,1-2H3. The molecule has 0 bridgehead atoms. The van der Waals surface area contributed by atoms with Gasteiger partial charge in [0.05, 0.1) is 6.10 Å². The average molecular weight is 320 g/mol. The summed E-state index contributed by atoms with van der Waals surface area (Å²) in [5.74, 6) is 0.974. The van der Waals surface area contributed by atoms with Gasteiger partial charge in [0.2, 0.25) is 0 Å². The van der Waals surface area contributed by atoms with E-state index in [1.165, 1.54) is 21.9 Å². The van der Waals surface area contributed by atoms with Crippen molar-refractivity contribution in [3.8, 4) is 5.75 Å². The van der Waals surface area contributed by atoms with Crippen LogP contribution in [0.1, 0.15) is 31.4 Å². The second kappa shape index (κ2) is 7.93. The van der Waals surface area contributed by atoms with Crippen LogP contribution in [0.4, 0.5) is 0 Å². The summed E-state index contributed by atoms with van der Waals surface area (Å²) in [7, 11) is 0. The largest absolute Gasteiger partial charge is 0.490 e. The molecule has 0 aliphatic rings. The van der Waals surface area contributed by atoms with Crippen molar-refractivity contribution in [1.82, 2.24) is 10.3 Å². The number of nitrogens with zero attached hydrogens (tertiary/aromatic N) is 1. The maximum atomic E-state index is 6.15. The molecule has 3 aromatic rings. The first kappa shape index (κ1) is 16.5. The van der Waals surface area contributed by atoms with Crippen molar-refractivity contribution in [3.05, 3.63) is 72.1 Å². The zero-order valence-electron chi connectivity index (χ0n) is 14.3. The maximum absolute atomic E-state index is 6.15. The van der Waals surface area contributed by atoms with Gasteiger partial charge in [-0.05, 0) is 41.8 Å². The lowest BCUT2D eigenvalue weighted by molar-refractivity contribution is 0.215. The second-order valence-electron chi connectivity index (χ2n) is 6.06. The van der Waals surface area contributed by atoms with E-state index in [0.29, 0.717) is 0 Å². The fraction of sp³-hybridized carbons (Fsp3) is 0.286. The lowest BCUT2D eigenvalue weighted by atomic mass is 10.0. The van der Waals surface area contributed by atoms with Gasteiger partial charge in [0.15, 0.2) is 0 Å².